The Morgan fingerprint density at radius 1 is 0.926 bits per heavy atom. The van der Waals surface area contributed by atoms with Crippen LogP contribution in [0.1, 0.15) is 0 Å². The van der Waals surface area contributed by atoms with Crippen LogP contribution >= 0.6 is 0 Å². The number of methoxy groups -OCH3 is 1. The van der Waals surface area contributed by atoms with Gasteiger partial charge in [-0.15, -0.1) is 0 Å². The maximum Gasteiger partial charge on any atom is 0.294 e. The molecular formula is C17H16N2O6S2. The van der Waals surface area contributed by atoms with Crippen LogP contribution in [0, 0.1) is 0 Å². The smallest absolute Gasteiger partial charge is 0.294 e. The lowest BCUT2D eigenvalue weighted by Crippen LogP contribution is -2.13. The van der Waals surface area contributed by atoms with Gasteiger partial charge in [0.2, 0.25) is 0 Å². The maximum absolute atomic E-state index is 12.6. The molecular weight excluding hydrogens is 392 g/mol. The van der Waals surface area contributed by atoms with Crippen molar-refractivity contribution in [2.24, 2.45) is 0 Å². The van der Waals surface area contributed by atoms with Gasteiger partial charge < -0.3 is 10.5 Å². The Morgan fingerprint density at radius 2 is 1.56 bits per heavy atom. The van der Waals surface area contributed by atoms with E-state index in [4.69, 9.17) is 15.0 Å². The average Bonchev–Trinajstić information content (AvgIpc) is 2.61. The fourth-order valence-corrected chi connectivity index (χ4v) is 4.14. The lowest BCUT2D eigenvalue weighted by Gasteiger charge is -2.11. The molecule has 0 unspecified atom stereocenters. The summed E-state index contributed by atoms with van der Waals surface area (Å²) in [5.41, 5.74) is 6.56. The van der Waals surface area contributed by atoms with Gasteiger partial charge in [-0.25, -0.2) is 8.42 Å². The van der Waals surface area contributed by atoms with Gasteiger partial charge in [-0.2, -0.15) is 8.42 Å². The van der Waals surface area contributed by atoms with E-state index in [9.17, 15) is 16.8 Å². The Kier molecular flexibility index (Phi) is 4.72. The summed E-state index contributed by atoms with van der Waals surface area (Å²) in [5, 5.41) is 1.28. The summed E-state index contributed by atoms with van der Waals surface area (Å²) in [6, 6.07) is 12.5. The van der Waals surface area contributed by atoms with E-state index in [2.05, 4.69) is 4.72 Å². The van der Waals surface area contributed by atoms with Crippen LogP contribution in [0.25, 0.3) is 10.8 Å². The zero-order chi connectivity index (χ0) is 19.8. The molecule has 0 amide bonds. The zero-order valence-corrected chi connectivity index (χ0v) is 15.7. The van der Waals surface area contributed by atoms with E-state index in [1.807, 2.05) is 0 Å². The summed E-state index contributed by atoms with van der Waals surface area (Å²) in [6.07, 6.45) is 0. The molecule has 0 fully saturated rings. The van der Waals surface area contributed by atoms with Crippen molar-refractivity contribution in [3.63, 3.8) is 0 Å². The third-order valence-corrected chi connectivity index (χ3v) is 6.17. The number of nitrogen functional groups attached to an aromatic ring is 1. The van der Waals surface area contributed by atoms with Crippen LogP contribution in [-0.2, 0) is 20.1 Å². The van der Waals surface area contributed by atoms with Crippen molar-refractivity contribution in [1.29, 1.82) is 0 Å². The second-order valence-corrected chi connectivity index (χ2v) is 8.77. The van der Waals surface area contributed by atoms with Gasteiger partial charge in [-0.05, 0) is 47.9 Å². The third-order valence-electron chi connectivity index (χ3n) is 3.93. The van der Waals surface area contributed by atoms with Crippen molar-refractivity contribution in [1.82, 2.24) is 0 Å². The van der Waals surface area contributed by atoms with Crippen molar-refractivity contribution in [3.05, 3.63) is 54.6 Å². The Balaban J connectivity index is 1.95. The van der Waals surface area contributed by atoms with Gasteiger partial charge in [0.15, 0.2) is 0 Å². The highest BCUT2D eigenvalue weighted by molar-refractivity contribution is 7.92. The highest BCUT2D eigenvalue weighted by atomic mass is 32.2. The van der Waals surface area contributed by atoms with Crippen molar-refractivity contribution >= 4 is 42.3 Å². The van der Waals surface area contributed by atoms with Gasteiger partial charge in [0, 0.05) is 11.1 Å². The fourth-order valence-electron chi connectivity index (χ4n) is 2.57. The SMILES string of the molecule is COc1ccc2cc(S(=O)(=O)Nc3ccc(S(=O)(=O)O)cc3)ccc2c1N. The number of rotatable bonds is 5. The molecule has 0 bridgehead atoms. The first-order valence-electron chi connectivity index (χ1n) is 7.58. The van der Waals surface area contributed by atoms with E-state index in [0.717, 1.165) is 12.1 Å². The Hall–Kier alpha value is -2.82. The van der Waals surface area contributed by atoms with E-state index >= 15 is 0 Å². The van der Waals surface area contributed by atoms with Crippen LogP contribution in [0.3, 0.4) is 0 Å². The molecule has 0 heterocycles. The van der Waals surface area contributed by atoms with Gasteiger partial charge in [0.1, 0.15) is 5.75 Å². The molecule has 10 heteroatoms. The largest absolute Gasteiger partial charge is 0.495 e. The number of anilines is 2. The number of hydrogen-bond acceptors (Lipinski definition) is 6. The summed E-state index contributed by atoms with van der Waals surface area (Å²) in [5.74, 6) is 0.496. The molecule has 0 aliphatic heterocycles. The zero-order valence-electron chi connectivity index (χ0n) is 14.1. The Bertz CT molecular complexity index is 1220. The highest BCUT2D eigenvalue weighted by Gasteiger charge is 2.17. The average molecular weight is 408 g/mol. The maximum atomic E-state index is 12.6. The second-order valence-electron chi connectivity index (χ2n) is 5.67. The molecule has 0 saturated heterocycles. The number of fused-ring (bicyclic) bond motifs is 1. The molecule has 8 nitrogen and oxygen atoms in total. The Labute approximate surface area is 156 Å². The van der Waals surface area contributed by atoms with Crippen molar-refractivity contribution in [2.45, 2.75) is 9.79 Å². The van der Waals surface area contributed by atoms with Gasteiger partial charge in [0.05, 0.1) is 22.6 Å². The fraction of sp³-hybridized carbons (Fsp3) is 0.0588. The van der Waals surface area contributed by atoms with E-state index in [1.165, 1.54) is 31.4 Å². The Morgan fingerprint density at radius 3 is 2.15 bits per heavy atom. The number of ether oxygens (including phenoxy) is 1. The van der Waals surface area contributed by atoms with Crippen LogP contribution in [0.4, 0.5) is 11.4 Å². The van der Waals surface area contributed by atoms with E-state index in [0.29, 0.717) is 22.2 Å². The number of nitrogens with two attached hydrogens (primary N) is 1. The molecule has 27 heavy (non-hydrogen) atoms. The van der Waals surface area contributed by atoms with Crippen LogP contribution in [0.2, 0.25) is 0 Å². The van der Waals surface area contributed by atoms with Gasteiger partial charge in [-0.3, -0.25) is 9.27 Å². The molecule has 3 rings (SSSR count). The van der Waals surface area contributed by atoms with Crippen molar-refractivity contribution < 1.29 is 26.1 Å². The van der Waals surface area contributed by atoms with Crippen LogP contribution in [0.15, 0.2) is 64.4 Å². The first-order chi connectivity index (χ1) is 12.6. The molecule has 3 aromatic carbocycles. The van der Waals surface area contributed by atoms with Crippen molar-refractivity contribution in [2.75, 3.05) is 17.6 Å². The summed E-state index contributed by atoms with van der Waals surface area (Å²) >= 11 is 0. The first kappa shape index (κ1) is 19.0. The second kappa shape index (κ2) is 6.72. The quantitative estimate of drug-likeness (QED) is 0.436. The number of benzene rings is 3. The summed E-state index contributed by atoms with van der Waals surface area (Å²) in [6.45, 7) is 0. The first-order valence-corrected chi connectivity index (χ1v) is 10.5. The monoisotopic (exact) mass is 408 g/mol. The standard InChI is InChI=1S/C17H16N2O6S2/c1-25-16-9-2-11-10-14(7-8-15(11)17(16)18)26(20,21)19-12-3-5-13(6-4-12)27(22,23)24/h2-10,19H,18H2,1H3,(H,22,23,24). The van der Waals surface area contributed by atoms with Gasteiger partial charge in [0.25, 0.3) is 20.1 Å². The predicted octanol–water partition coefficient (Wildman–Crippen LogP) is 2.48. The van der Waals surface area contributed by atoms with E-state index in [-0.39, 0.29) is 15.5 Å². The lowest BCUT2D eigenvalue weighted by atomic mass is 10.1. The molecule has 0 spiro atoms. The molecule has 4 N–H and O–H groups in total. The molecule has 0 aromatic heterocycles. The van der Waals surface area contributed by atoms with Crippen molar-refractivity contribution in [3.8, 4) is 5.75 Å². The normalized spacial score (nSPS) is 12.1. The predicted molar refractivity (Wildman–Crippen MR) is 102 cm³/mol. The molecule has 0 aliphatic carbocycles. The molecule has 142 valence electrons. The van der Waals surface area contributed by atoms with Crippen LogP contribution < -0.4 is 15.2 Å². The van der Waals surface area contributed by atoms with Crippen LogP contribution in [0.5, 0.6) is 5.75 Å². The minimum absolute atomic E-state index is 0.0124. The summed E-state index contributed by atoms with van der Waals surface area (Å²) in [7, 11) is -6.77. The third kappa shape index (κ3) is 3.82. The van der Waals surface area contributed by atoms with E-state index < -0.39 is 20.1 Å². The number of sulfonamides is 1. The summed E-state index contributed by atoms with van der Waals surface area (Å²) < 4.78 is 63.8. The summed E-state index contributed by atoms with van der Waals surface area (Å²) in [4.78, 5) is -0.320. The van der Waals surface area contributed by atoms with Crippen LogP contribution in [-0.4, -0.2) is 28.5 Å². The number of nitrogens with one attached hydrogen (secondary N) is 1. The minimum Gasteiger partial charge on any atom is -0.495 e. The molecule has 0 aliphatic rings. The molecule has 0 atom stereocenters. The topological polar surface area (TPSA) is 136 Å². The molecule has 0 radical (unpaired) electrons. The molecule has 0 saturated carbocycles. The minimum atomic E-state index is -4.35. The van der Waals surface area contributed by atoms with Gasteiger partial charge >= 0.3 is 0 Å². The number of hydrogen-bond donors (Lipinski definition) is 3. The van der Waals surface area contributed by atoms with Gasteiger partial charge in [-0.1, -0.05) is 12.1 Å². The lowest BCUT2D eigenvalue weighted by molar-refractivity contribution is 0.417. The molecule has 3 aromatic rings. The highest BCUT2D eigenvalue weighted by Crippen LogP contribution is 2.32. The van der Waals surface area contributed by atoms with E-state index in [1.54, 1.807) is 18.2 Å².